The van der Waals surface area contributed by atoms with Crippen molar-refractivity contribution in [3.63, 3.8) is 0 Å². The van der Waals surface area contributed by atoms with Gasteiger partial charge in [0, 0.05) is 7.11 Å². The van der Waals surface area contributed by atoms with Crippen LogP contribution in [0, 0.1) is 11.8 Å². The molecule has 0 spiro atoms. The summed E-state index contributed by atoms with van der Waals surface area (Å²) in [5.41, 5.74) is 1.17. The normalized spacial score (nSPS) is 21.4. The molecule has 20 heavy (non-hydrogen) atoms. The lowest BCUT2D eigenvalue weighted by Gasteiger charge is -2.24. The Morgan fingerprint density at radius 3 is 1.95 bits per heavy atom. The number of aliphatic carboxylic acids is 1. The summed E-state index contributed by atoms with van der Waals surface area (Å²) in [5.74, 6) is -1.40. The van der Waals surface area contributed by atoms with Crippen LogP contribution in [-0.2, 0) is 19.1 Å². The topological polar surface area (TPSA) is 72.8 Å². The van der Waals surface area contributed by atoms with Crippen LogP contribution in [0.4, 0.5) is 0 Å². The molecule has 0 aromatic heterocycles. The SMILES string of the molecule is C=C(C)C.COCCOC(=O)C1CCC(C(=O)O)CC1. The standard InChI is InChI=1S/C11H18O5.C4H8/c1-15-6-7-16-11(14)9-4-2-8(3-5-9)10(12)13;1-4(2)3/h8-9H,2-7H2,1H3,(H,12,13);1H2,2-3H3. The van der Waals surface area contributed by atoms with E-state index >= 15 is 0 Å². The maximum absolute atomic E-state index is 11.5. The van der Waals surface area contributed by atoms with E-state index < -0.39 is 5.97 Å². The maximum Gasteiger partial charge on any atom is 0.309 e. The zero-order chi connectivity index (χ0) is 15.5. The molecular weight excluding hydrogens is 260 g/mol. The second-order valence-electron chi connectivity index (χ2n) is 5.25. The second-order valence-corrected chi connectivity index (χ2v) is 5.25. The Morgan fingerprint density at radius 2 is 1.55 bits per heavy atom. The first-order valence-corrected chi connectivity index (χ1v) is 6.89. The molecule has 0 amide bonds. The van der Waals surface area contributed by atoms with Crippen LogP contribution >= 0.6 is 0 Å². The molecule has 0 unspecified atom stereocenters. The molecule has 0 atom stereocenters. The molecule has 1 N–H and O–H groups in total. The van der Waals surface area contributed by atoms with Gasteiger partial charge in [-0.25, -0.2) is 0 Å². The number of carbonyl (C=O) groups is 2. The van der Waals surface area contributed by atoms with E-state index in [9.17, 15) is 9.59 Å². The molecule has 1 aliphatic rings. The fraction of sp³-hybridized carbons (Fsp3) is 0.733. The van der Waals surface area contributed by atoms with Crippen LogP contribution in [0.5, 0.6) is 0 Å². The van der Waals surface area contributed by atoms with Gasteiger partial charge < -0.3 is 14.6 Å². The highest BCUT2D eigenvalue weighted by Gasteiger charge is 2.30. The van der Waals surface area contributed by atoms with Crippen molar-refractivity contribution < 1.29 is 24.2 Å². The van der Waals surface area contributed by atoms with Gasteiger partial charge in [0.15, 0.2) is 0 Å². The van der Waals surface area contributed by atoms with Crippen LogP contribution in [0.3, 0.4) is 0 Å². The summed E-state index contributed by atoms with van der Waals surface area (Å²) >= 11 is 0. The predicted octanol–water partition coefficient (Wildman–Crippen LogP) is 2.65. The molecule has 0 radical (unpaired) electrons. The third kappa shape index (κ3) is 8.69. The number of hydrogen-bond donors (Lipinski definition) is 1. The highest BCUT2D eigenvalue weighted by molar-refractivity contribution is 5.74. The van der Waals surface area contributed by atoms with Crippen molar-refractivity contribution in [2.24, 2.45) is 11.8 Å². The van der Waals surface area contributed by atoms with Crippen LogP contribution in [-0.4, -0.2) is 37.4 Å². The molecule has 5 heteroatoms. The minimum atomic E-state index is -0.758. The van der Waals surface area contributed by atoms with Crippen molar-refractivity contribution in [3.05, 3.63) is 12.2 Å². The lowest BCUT2D eigenvalue weighted by Crippen LogP contribution is -2.27. The highest BCUT2D eigenvalue weighted by atomic mass is 16.6. The van der Waals surface area contributed by atoms with Crippen LogP contribution in [0.15, 0.2) is 12.2 Å². The number of esters is 1. The van der Waals surface area contributed by atoms with Gasteiger partial charge in [0.2, 0.25) is 0 Å². The smallest absolute Gasteiger partial charge is 0.309 e. The summed E-state index contributed by atoms with van der Waals surface area (Å²) < 4.78 is 9.78. The number of allylic oxidation sites excluding steroid dienone is 1. The number of carboxylic acids is 1. The van der Waals surface area contributed by atoms with Gasteiger partial charge in [0.05, 0.1) is 18.4 Å². The summed E-state index contributed by atoms with van der Waals surface area (Å²) in [5, 5.41) is 8.80. The first-order valence-electron chi connectivity index (χ1n) is 6.89. The average molecular weight is 286 g/mol. The molecule has 0 aromatic carbocycles. The Morgan fingerprint density at radius 1 is 1.10 bits per heavy atom. The Balaban J connectivity index is 0.000000796. The molecule has 0 aliphatic heterocycles. The van der Waals surface area contributed by atoms with Crippen molar-refractivity contribution in [2.45, 2.75) is 39.5 Å². The zero-order valence-electron chi connectivity index (χ0n) is 12.7. The van der Waals surface area contributed by atoms with Gasteiger partial charge in [-0.15, -0.1) is 6.58 Å². The van der Waals surface area contributed by atoms with Crippen molar-refractivity contribution in [3.8, 4) is 0 Å². The predicted molar refractivity (Wildman–Crippen MR) is 76.4 cm³/mol. The van der Waals surface area contributed by atoms with Crippen LogP contribution in [0.25, 0.3) is 0 Å². The molecule has 0 saturated heterocycles. The van der Waals surface area contributed by atoms with Gasteiger partial charge in [-0.05, 0) is 39.5 Å². The van der Waals surface area contributed by atoms with Gasteiger partial charge in [-0.3, -0.25) is 9.59 Å². The van der Waals surface area contributed by atoms with Crippen molar-refractivity contribution in [2.75, 3.05) is 20.3 Å². The summed E-state index contributed by atoms with van der Waals surface area (Å²) in [6, 6.07) is 0. The minimum Gasteiger partial charge on any atom is -0.481 e. The van der Waals surface area contributed by atoms with E-state index in [1.54, 1.807) is 7.11 Å². The first-order chi connectivity index (χ1) is 9.38. The van der Waals surface area contributed by atoms with Crippen molar-refractivity contribution in [1.82, 2.24) is 0 Å². The minimum absolute atomic E-state index is 0.132. The molecular formula is C15H26O5. The van der Waals surface area contributed by atoms with E-state index in [1.165, 1.54) is 5.57 Å². The molecule has 1 saturated carbocycles. The number of hydrogen-bond acceptors (Lipinski definition) is 4. The monoisotopic (exact) mass is 286 g/mol. The fourth-order valence-electron chi connectivity index (χ4n) is 1.92. The van der Waals surface area contributed by atoms with E-state index in [-0.39, 0.29) is 24.4 Å². The molecule has 5 nitrogen and oxygen atoms in total. The van der Waals surface area contributed by atoms with Gasteiger partial charge >= 0.3 is 11.9 Å². The van der Waals surface area contributed by atoms with Gasteiger partial charge in [-0.2, -0.15) is 0 Å². The largest absolute Gasteiger partial charge is 0.481 e. The first kappa shape index (κ1) is 18.6. The number of rotatable bonds is 5. The summed E-state index contributed by atoms with van der Waals surface area (Å²) in [6.07, 6.45) is 2.37. The van der Waals surface area contributed by atoms with Gasteiger partial charge in [0.1, 0.15) is 6.61 Å². The molecule has 0 bridgehead atoms. The number of carbonyl (C=O) groups excluding carboxylic acids is 1. The molecule has 1 aliphatic carbocycles. The van der Waals surface area contributed by atoms with Crippen LogP contribution < -0.4 is 0 Å². The molecule has 1 rings (SSSR count). The highest BCUT2D eigenvalue weighted by Crippen LogP contribution is 2.29. The van der Waals surface area contributed by atoms with E-state index in [4.69, 9.17) is 14.6 Å². The number of ether oxygens (including phenoxy) is 2. The molecule has 1 fully saturated rings. The van der Waals surface area contributed by atoms with E-state index in [1.807, 2.05) is 13.8 Å². The third-order valence-corrected chi connectivity index (χ3v) is 2.94. The lowest BCUT2D eigenvalue weighted by atomic mass is 9.82. The van der Waals surface area contributed by atoms with E-state index in [2.05, 4.69) is 6.58 Å². The fourth-order valence-corrected chi connectivity index (χ4v) is 1.92. The number of methoxy groups -OCH3 is 1. The average Bonchev–Trinajstić information content (AvgIpc) is 2.38. The Hall–Kier alpha value is -1.36. The second kappa shape index (κ2) is 10.4. The van der Waals surface area contributed by atoms with E-state index in [0.717, 1.165) is 0 Å². The number of carboxylic acid groups (broad SMARTS) is 1. The third-order valence-electron chi connectivity index (χ3n) is 2.94. The van der Waals surface area contributed by atoms with Crippen molar-refractivity contribution in [1.29, 1.82) is 0 Å². The van der Waals surface area contributed by atoms with Crippen molar-refractivity contribution >= 4 is 11.9 Å². The summed E-state index contributed by atoms with van der Waals surface area (Å²) in [7, 11) is 1.55. The quantitative estimate of drug-likeness (QED) is 0.478. The van der Waals surface area contributed by atoms with Gasteiger partial charge in [-0.1, -0.05) is 5.57 Å². The summed E-state index contributed by atoms with van der Waals surface area (Å²) in [6.45, 7) is 8.17. The van der Waals surface area contributed by atoms with Gasteiger partial charge in [0.25, 0.3) is 0 Å². The van der Waals surface area contributed by atoms with Crippen LogP contribution in [0.2, 0.25) is 0 Å². The van der Waals surface area contributed by atoms with Crippen LogP contribution in [0.1, 0.15) is 39.5 Å². The Kier molecular flexibility index (Phi) is 9.72. The zero-order valence-corrected chi connectivity index (χ0v) is 12.7. The molecule has 0 heterocycles. The Labute approximate surface area is 121 Å². The lowest BCUT2D eigenvalue weighted by molar-refractivity contribution is -0.153. The molecule has 116 valence electrons. The Bertz CT molecular complexity index is 312. The maximum atomic E-state index is 11.5. The van der Waals surface area contributed by atoms with E-state index in [0.29, 0.717) is 32.3 Å². The summed E-state index contributed by atoms with van der Waals surface area (Å²) in [4.78, 5) is 22.2. The molecule has 0 aromatic rings.